The molecule has 0 aliphatic carbocycles. The number of nitrogens with zero attached hydrogens (tertiary/aromatic N) is 3. The number of aromatic nitrogens is 2. The number of hydrogen-bond acceptors (Lipinski definition) is 6. The van der Waals surface area contributed by atoms with Crippen molar-refractivity contribution >= 4 is 21.7 Å². The number of carbonyl (C=O) groups excluding carboxylic acids is 1. The van der Waals surface area contributed by atoms with Crippen LogP contribution in [-0.4, -0.2) is 43.1 Å². The van der Waals surface area contributed by atoms with Gasteiger partial charge in [0.1, 0.15) is 5.69 Å². The third-order valence-corrected chi connectivity index (χ3v) is 5.65. The Morgan fingerprint density at radius 1 is 1.08 bits per heavy atom. The minimum atomic E-state index is -3.26. The zero-order chi connectivity index (χ0) is 18.6. The molecular weight excluding hydrogens is 340 g/mol. The van der Waals surface area contributed by atoms with Crippen LogP contribution in [0, 0.1) is 0 Å². The lowest BCUT2D eigenvalue weighted by molar-refractivity contribution is 0.0995. The van der Waals surface area contributed by atoms with Crippen molar-refractivity contribution in [3.63, 3.8) is 0 Å². The van der Waals surface area contributed by atoms with Crippen molar-refractivity contribution < 1.29 is 13.2 Å². The molecular formula is C17H22N4O3S. The molecule has 8 heteroatoms. The van der Waals surface area contributed by atoms with E-state index in [1.54, 1.807) is 19.1 Å². The van der Waals surface area contributed by atoms with Crippen LogP contribution in [0.4, 0.5) is 5.95 Å². The molecule has 2 N–H and O–H groups in total. The highest BCUT2D eigenvalue weighted by molar-refractivity contribution is 7.91. The lowest BCUT2D eigenvalue weighted by atomic mass is 10.1. The van der Waals surface area contributed by atoms with Gasteiger partial charge in [0, 0.05) is 18.7 Å². The summed E-state index contributed by atoms with van der Waals surface area (Å²) in [6, 6.07) is 7.93. The molecule has 0 aliphatic rings. The van der Waals surface area contributed by atoms with E-state index in [4.69, 9.17) is 5.73 Å². The van der Waals surface area contributed by atoms with Crippen LogP contribution in [0.15, 0.2) is 35.2 Å². The molecule has 2 aromatic rings. The minimum absolute atomic E-state index is 0.0395. The summed E-state index contributed by atoms with van der Waals surface area (Å²) >= 11 is 0. The molecule has 0 fully saturated rings. The van der Waals surface area contributed by atoms with Crippen LogP contribution in [0.3, 0.4) is 0 Å². The van der Waals surface area contributed by atoms with E-state index in [2.05, 4.69) is 9.97 Å². The molecule has 0 saturated carbocycles. The maximum Gasteiger partial charge on any atom is 0.267 e. The monoisotopic (exact) mass is 362 g/mol. The molecule has 2 rings (SSSR count). The topological polar surface area (TPSA) is 106 Å². The van der Waals surface area contributed by atoms with Crippen LogP contribution in [0.5, 0.6) is 0 Å². The molecule has 1 heterocycles. The van der Waals surface area contributed by atoms with Crippen molar-refractivity contribution in [3.05, 3.63) is 36.0 Å². The average Bonchev–Trinajstić information content (AvgIpc) is 2.62. The number of benzene rings is 1. The van der Waals surface area contributed by atoms with Gasteiger partial charge in [-0.25, -0.2) is 18.4 Å². The number of nitrogens with two attached hydrogens (primary N) is 1. The maximum atomic E-state index is 11.9. The SMILES string of the molecule is CCN(CC)c1nc(C(N)=O)cc(-c2ccc(S(=O)(=O)CC)cc2)n1. The molecule has 0 aliphatic heterocycles. The van der Waals surface area contributed by atoms with Gasteiger partial charge in [0.25, 0.3) is 5.91 Å². The summed E-state index contributed by atoms with van der Waals surface area (Å²) in [5.74, 6) is -0.179. The third-order valence-electron chi connectivity index (χ3n) is 3.90. The second-order valence-corrected chi connectivity index (χ2v) is 7.68. The van der Waals surface area contributed by atoms with Crippen molar-refractivity contribution in [3.8, 4) is 11.3 Å². The molecule has 0 spiro atoms. The van der Waals surface area contributed by atoms with Gasteiger partial charge in [-0.05, 0) is 32.0 Å². The van der Waals surface area contributed by atoms with Crippen molar-refractivity contribution in [2.45, 2.75) is 25.7 Å². The van der Waals surface area contributed by atoms with Gasteiger partial charge >= 0.3 is 0 Å². The smallest absolute Gasteiger partial charge is 0.267 e. The molecule has 0 saturated heterocycles. The van der Waals surface area contributed by atoms with Crippen molar-refractivity contribution in [2.75, 3.05) is 23.7 Å². The fraction of sp³-hybridized carbons (Fsp3) is 0.353. The van der Waals surface area contributed by atoms with Crippen molar-refractivity contribution in [1.82, 2.24) is 9.97 Å². The van der Waals surface area contributed by atoms with Gasteiger partial charge in [-0.2, -0.15) is 0 Å². The standard InChI is InChI=1S/C17H22N4O3S/c1-4-21(5-2)17-19-14(11-15(20-17)16(18)22)12-7-9-13(10-8-12)25(23,24)6-3/h7-11H,4-6H2,1-3H3,(H2,18,22). The number of rotatable bonds is 7. The Kier molecular flexibility index (Phi) is 5.73. The predicted molar refractivity (Wildman–Crippen MR) is 97.3 cm³/mol. The van der Waals surface area contributed by atoms with Crippen LogP contribution in [-0.2, 0) is 9.84 Å². The number of primary amides is 1. The van der Waals surface area contributed by atoms with Crippen LogP contribution in [0.25, 0.3) is 11.3 Å². The zero-order valence-electron chi connectivity index (χ0n) is 14.6. The van der Waals surface area contributed by atoms with Gasteiger partial charge < -0.3 is 10.6 Å². The molecule has 25 heavy (non-hydrogen) atoms. The highest BCUT2D eigenvalue weighted by atomic mass is 32.2. The van der Waals surface area contributed by atoms with Gasteiger partial charge in [0.05, 0.1) is 16.3 Å². The van der Waals surface area contributed by atoms with E-state index >= 15 is 0 Å². The number of carbonyl (C=O) groups is 1. The summed E-state index contributed by atoms with van der Waals surface area (Å²) in [5, 5.41) is 0. The average molecular weight is 362 g/mol. The van der Waals surface area contributed by atoms with Crippen LogP contribution in [0.2, 0.25) is 0 Å². The molecule has 7 nitrogen and oxygen atoms in total. The van der Waals surface area contributed by atoms with E-state index in [0.29, 0.717) is 30.3 Å². The summed E-state index contributed by atoms with van der Waals surface area (Å²) in [6.45, 7) is 6.91. The first-order valence-corrected chi connectivity index (χ1v) is 9.74. The second kappa shape index (κ2) is 7.60. The van der Waals surface area contributed by atoms with E-state index in [1.807, 2.05) is 18.7 Å². The third kappa shape index (κ3) is 4.14. The summed E-state index contributed by atoms with van der Waals surface area (Å²) in [4.78, 5) is 22.5. The molecule has 1 aromatic carbocycles. The first kappa shape index (κ1) is 18.9. The summed E-state index contributed by atoms with van der Waals surface area (Å²) in [7, 11) is -3.26. The number of hydrogen-bond donors (Lipinski definition) is 1. The van der Waals surface area contributed by atoms with E-state index in [1.165, 1.54) is 18.2 Å². The zero-order valence-corrected chi connectivity index (χ0v) is 15.4. The molecule has 0 atom stereocenters. The summed E-state index contributed by atoms with van der Waals surface area (Å²) < 4.78 is 23.8. The fourth-order valence-corrected chi connectivity index (χ4v) is 3.24. The largest absolute Gasteiger partial charge is 0.364 e. The Bertz CT molecular complexity index is 860. The fourth-order valence-electron chi connectivity index (χ4n) is 2.36. The van der Waals surface area contributed by atoms with Crippen molar-refractivity contribution in [2.24, 2.45) is 5.73 Å². The lowest BCUT2D eigenvalue weighted by Crippen LogP contribution is -2.26. The molecule has 0 radical (unpaired) electrons. The summed E-state index contributed by atoms with van der Waals surface area (Å²) in [5.41, 5.74) is 6.72. The Hall–Kier alpha value is -2.48. The molecule has 1 aromatic heterocycles. The minimum Gasteiger partial charge on any atom is -0.364 e. The van der Waals surface area contributed by atoms with Gasteiger partial charge in [0.2, 0.25) is 5.95 Å². The Morgan fingerprint density at radius 3 is 2.16 bits per heavy atom. The number of amides is 1. The molecule has 0 unspecified atom stereocenters. The van der Waals surface area contributed by atoms with Gasteiger partial charge in [-0.1, -0.05) is 19.1 Å². The molecule has 1 amide bonds. The van der Waals surface area contributed by atoms with E-state index in [9.17, 15) is 13.2 Å². The predicted octanol–water partition coefficient (Wildman–Crippen LogP) is 1.88. The van der Waals surface area contributed by atoms with E-state index < -0.39 is 15.7 Å². The normalized spacial score (nSPS) is 11.3. The van der Waals surface area contributed by atoms with Crippen LogP contribution in [0.1, 0.15) is 31.3 Å². The van der Waals surface area contributed by atoms with Crippen LogP contribution < -0.4 is 10.6 Å². The Morgan fingerprint density at radius 2 is 1.68 bits per heavy atom. The number of anilines is 1. The van der Waals surface area contributed by atoms with Crippen LogP contribution >= 0.6 is 0 Å². The Balaban J connectivity index is 2.52. The van der Waals surface area contributed by atoms with Gasteiger partial charge in [0.15, 0.2) is 9.84 Å². The number of sulfone groups is 1. The highest BCUT2D eigenvalue weighted by Crippen LogP contribution is 2.23. The first-order valence-electron chi connectivity index (χ1n) is 8.09. The van der Waals surface area contributed by atoms with E-state index in [-0.39, 0.29) is 16.3 Å². The molecule has 0 bridgehead atoms. The van der Waals surface area contributed by atoms with E-state index in [0.717, 1.165) is 0 Å². The van der Waals surface area contributed by atoms with Gasteiger partial charge in [-0.3, -0.25) is 4.79 Å². The van der Waals surface area contributed by atoms with Crippen molar-refractivity contribution in [1.29, 1.82) is 0 Å². The summed E-state index contributed by atoms with van der Waals surface area (Å²) in [6.07, 6.45) is 0. The highest BCUT2D eigenvalue weighted by Gasteiger charge is 2.15. The maximum absolute atomic E-state index is 11.9. The quantitative estimate of drug-likeness (QED) is 0.806. The van der Waals surface area contributed by atoms with Gasteiger partial charge in [-0.15, -0.1) is 0 Å². The second-order valence-electron chi connectivity index (χ2n) is 5.40. The Labute approximate surface area is 147 Å². The lowest BCUT2D eigenvalue weighted by Gasteiger charge is -2.19. The molecule has 134 valence electrons. The first-order chi connectivity index (χ1) is 11.8.